The fraction of sp³-hybridized carbons (Fsp3) is 0.533. The molecule has 0 saturated heterocycles. The summed E-state index contributed by atoms with van der Waals surface area (Å²) in [6.45, 7) is 4.12. The Bertz CT molecular complexity index is 397. The van der Waals surface area contributed by atoms with Crippen LogP contribution < -0.4 is 10.1 Å². The molecule has 1 aromatic carbocycles. The van der Waals surface area contributed by atoms with Gasteiger partial charge in [0, 0.05) is 18.0 Å². The summed E-state index contributed by atoms with van der Waals surface area (Å²) in [5.41, 5.74) is 0. The lowest BCUT2D eigenvalue weighted by Gasteiger charge is -2.06. The molecule has 0 bridgehead atoms. The summed E-state index contributed by atoms with van der Waals surface area (Å²) >= 11 is 1.50. The highest BCUT2D eigenvalue weighted by Crippen LogP contribution is 2.21. The maximum atomic E-state index is 11.6. The largest absolute Gasteiger partial charge is 0.494 e. The monoisotopic (exact) mass is 313 g/mol. The third-order valence-electron chi connectivity index (χ3n) is 2.53. The van der Waals surface area contributed by atoms with Crippen molar-refractivity contribution in [2.45, 2.75) is 18.2 Å². The van der Waals surface area contributed by atoms with Gasteiger partial charge in [-0.15, -0.1) is 11.8 Å². The molecular weight excluding hydrogens is 290 g/mol. The van der Waals surface area contributed by atoms with Gasteiger partial charge >= 0.3 is 0 Å². The summed E-state index contributed by atoms with van der Waals surface area (Å²) in [7, 11) is 0. The molecule has 1 aromatic rings. The van der Waals surface area contributed by atoms with E-state index >= 15 is 0 Å². The lowest BCUT2D eigenvalue weighted by Crippen LogP contribution is -2.26. The summed E-state index contributed by atoms with van der Waals surface area (Å²) in [5.74, 6) is 1.25. The molecule has 118 valence electrons. The number of ether oxygens (including phenoxy) is 2. The number of carbonyl (C=O) groups excluding carboxylic acids is 1. The van der Waals surface area contributed by atoms with E-state index in [1.54, 1.807) is 0 Å². The van der Waals surface area contributed by atoms with Crippen molar-refractivity contribution in [3.63, 3.8) is 0 Å². The quantitative estimate of drug-likeness (QED) is 0.481. The van der Waals surface area contributed by atoms with E-state index < -0.39 is 0 Å². The highest BCUT2D eigenvalue weighted by atomic mass is 32.2. The van der Waals surface area contributed by atoms with Crippen molar-refractivity contribution in [1.29, 1.82) is 0 Å². The molecule has 5 nitrogen and oxygen atoms in total. The number of amides is 1. The third-order valence-corrected chi connectivity index (χ3v) is 3.54. The Morgan fingerprint density at radius 1 is 1.29 bits per heavy atom. The molecule has 1 amide bonds. The highest BCUT2D eigenvalue weighted by Gasteiger charge is 2.02. The Morgan fingerprint density at radius 3 is 2.71 bits per heavy atom. The van der Waals surface area contributed by atoms with Crippen LogP contribution in [0.2, 0.25) is 0 Å². The number of nitrogens with one attached hydrogen (secondary N) is 1. The van der Waals surface area contributed by atoms with E-state index in [9.17, 15) is 4.79 Å². The molecule has 2 N–H and O–H groups in total. The predicted octanol–water partition coefficient (Wildman–Crippen LogP) is 1.69. The fourth-order valence-electron chi connectivity index (χ4n) is 1.57. The predicted molar refractivity (Wildman–Crippen MR) is 83.9 cm³/mol. The van der Waals surface area contributed by atoms with Gasteiger partial charge in [-0.3, -0.25) is 4.79 Å². The van der Waals surface area contributed by atoms with Gasteiger partial charge in [0.25, 0.3) is 0 Å². The number of benzene rings is 1. The zero-order valence-electron chi connectivity index (χ0n) is 12.3. The summed E-state index contributed by atoms with van der Waals surface area (Å²) in [4.78, 5) is 12.7. The molecule has 0 aromatic heterocycles. The summed E-state index contributed by atoms with van der Waals surface area (Å²) < 4.78 is 10.5. The average molecular weight is 313 g/mol. The fourth-order valence-corrected chi connectivity index (χ4v) is 2.30. The zero-order valence-corrected chi connectivity index (χ0v) is 13.2. The van der Waals surface area contributed by atoms with Crippen molar-refractivity contribution in [3.8, 4) is 5.75 Å². The number of thioether (sulfide) groups is 1. The van der Waals surface area contributed by atoms with E-state index in [0.29, 0.717) is 32.1 Å². The minimum Gasteiger partial charge on any atom is -0.494 e. The van der Waals surface area contributed by atoms with Gasteiger partial charge in [-0.05, 0) is 37.6 Å². The van der Waals surface area contributed by atoms with Crippen molar-refractivity contribution in [2.24, 2.45) is 0 Å². The molecule has 6 heteroatoms. The van der Waals surface area contributed by atoms with Crippen molar-refractivity contribution in [2.75, 3.05) is 38.7 Å². The molecule has 0 aliphatic heterocycles. The van der Waals surface area contributed by atoms with Gasteiger partial charge in [0.1, 0.15) is 5.75 Å². The molecule has 0 fully saturated rings. The number of aliphatic hydroxyl groups excluding tert-OH is 1. The van der Waals surface area contributed by atoms with Crippen LogP contribution in [0.15, 0.2) is 29.2 Å². The van der Waals surface area contributed by atoms with E-state index in [0.717, 1.165) is 17.1 Å². The van der Waals surface area contributed by atoms with Gasteiger partial charge in [0.05, 0.1) is 25.6 Å². The Morgan fingerprint density at radius 2 is 2.05 bits per heavy atom. The standard InChI is InChI=1S/C15H23NO4S/c1-2-20-13-4-6-14(7-5-13)21-12-15(18)16-8-3-10-19-11-9-17/h4-7,17H,2-3,8-12H2,1H3,(H,16,18). The molecule has 0 radical (unpaired) electrons. The molecule has 0 spiro atoms. The third kappa shape index (κ3) is 8.60. The second-order valence-corrected chi connectivity index (χ2v) is 5.28. The first-order valence-electron chi connectivity index (χ1n) is 7.07. The Labute approximate surface area is 130 Å². The van der Waals surface area contributed by atoms with Crippen LogP contribution in [0, 0.1) is 0 Å². The van der Waals surface area contributed by atoms with Crippen LogP contribution in [0.3, 0.4) is 0 Å². The summed E-state index contributed by atoms with van der Waals surface area (Å²) in [5, 5.41) is 11.4. The van der Waals surface area contributed by atoms with E-state index in [-0.39, 0.29) is 12.5 Å². The molecule has 0 atom stereocenters. The molecular formula is C15H23NO4S. The Hall–Kier alpha value is -1.24. The molecule has 0 saturated carbocycles. The SMILES string of the molecule is CCOc1ccc(SCC(=O)NCCCOCCO)cc1. The molecule has 0 aliphatic carbocycles. The van der Waals surface area contributed by atoms with E-state index in [4.69, 9.17) is 14.6 Å². The normalized spacial score (nSPS) is 10.4. The number of carbonyl (C=O) groups is 1. The molecule has 1 rings (SSSR count). The molecule has 0 unspecified atom stereocenters. The van der Waals surface area contributed by atoms with Crippen LogP contribution >= 0.6 is 11.8 Å². The number of hydrogen-bond acceptors (Lipinski definition) is 5. The highest BCUT2D eigenvalue weighted by molar-refractivity contribution is 8.00. The van der Waals surface area contributed by atoms with Gasteiger partial charge < -0.3 is 19.9 Å². The van der Waals surface area contributed by atoms with Crippen LogP contribution in [0.1, 0.15) is 13.3 Å². The molecule has 0 aliphatic rings. The van der Waals surface area contributed by atoms with Gasteiger partial charge in [-0.25, -0.2) is 0 Å². The van der Waals surface area contributed by atoms with Crippen molar-refractivity contribution in [3.05, 3.63) is 24.3 Å². The Balaban J connectivity index is 2.12. The van der Waals surface area contributed by atoms with Crippen LogP contribution in [-0.2, 0) is 9.53 Å². The molecule has 0 heterocycles. The smallest absolute Gasteiger partial charge is 0.230 e. The first kappa shape index (κ1) is 17.8. The van der Waals surface area contributed by atoms with Gasteiger partial charge in [0.2, 0.25) is 5.91 Å². The first-order chi connectivity index (χ1) is 10.3. The van der Waals surface area contributed by atoms with Crippen LogP contribution in [0.25, 0.3) is 0 Å². The topological polar surface area (TPSA) is 67.8 Å². The number of hydrogen-bond donors (Lipinski definition) is 2. The molecule has 21 heavy (non-hydrogen) atoms. The lowest BCUT2D eigenvalue weighted by molar-refractivity contribution is -0.118. The van der Waals surface area contributed by atoms with E-state index in [1.165, 1.54) is 11.8 Å². The van der Waals surface area contributed by atoms with Crippen LogP contribution in [0.4, 0.5) is 0 Å². The van der Waals surface area contributed by atoms with Gasteiger partial charge in [-0.1, -0.05) is 0 Å². The second kappa shape index (κ2) is 11.4. The van der Waals surface area contributed by atoms with Crippen molar-refractivity contribution >= 4 is 17.7 Å². The second-order valence-electron chi connectivity index (χ2n) is 4.23. The van der Waals surface area contributed by atoms with Gasteiger partial charge in [0.15, 0.2) is 0 Å². The zero-order chi connectivity index (χ0) is 15.3. The van der Waals surface area contributed by atoms with E-state index in [2.05, 4.69) is 5.32 Å². The average Bonchev–Trinajstić information content (AvgIpc) is 2.50. The maximum absolute atomic E-state index is 11.6. The maximum Gasteiger partial charge on any atom is 0.230 e. The summed E-state index contributed by atoms with van der Waals surface area (Å²) in [6.07, 6.45) is 0.749. The van der Waals surface area contributed by atoms with Crippen LogP contribution in [0.5, 0.6) is 5.75 Å². The van der Waals surface area contributed by atoms with Crippen LogP contribution in [-0.4, -0.2) is 49.7 Å². The minimum atomic E-state index is 0.0102. The first-order valence-corrected chi connectivity index (χ1v) is 8.05. The van der Waals surface area contributed by atoms with Crippen molar-refractivity contribution < 1.29 is 19.4 Å². The summed E-state index contributed by atoms with van der Waals surface area (Å²) in [6, 6.07) is 7.71. The minimum absolute atomic E-state index is 0.0102. The number of rotatable bonds is 11. The van der Waals surface area contributed by atoms with Gasteiger partial charge in [-0.2, -0.15) is 0 Å². The Kier molecular flexibility index (Phi) is 9.69. The van der Waals surface area contributed by atoms with E-state index in [1.807, 2.05) is 31.2 Å². The number of aliphatic hydroxyl groups is 1. The van der Waals surface area contributed by atoms with Crippen molar-refractivity contribution in [1.82, 2.24) is 5.32 Å². The lowest BCUT2D eigenvalue weighted by atomic mass is 10.3.